The molecule has 0 bridgehead atoms. The van der Waals surface area contributed by atoms with E-state index in [0.29, 0.717) is 19.8 Å². The number of ether oxygens (including phenoxy) is 4. The number of likely N-dealkylation sites (N-methyl/N-ethyl adjacent to an activating group) is 1. The van der Waals surface area contributed by atoms with E-state index in [1.165, 1.54) is 10.2 Å². The quantitative estimate of drug-likeness (QED) is 0.263. The Bertz CT molecular complexity index is 1340. The third kappa shape index (κ3) is 9.85. The van der Waals surface area contributed by atoms with Crippen LogP contribution in [-0.4, -0.2) is 108 Å². The first-order valence-electron chi connectivity index (χ1n) is 13.7. The minimum absolute atomic E-state index is 0.0483. The van der Waals surface area contributed by atoms with Crippen LogP contribution in [0.4, 0.5) is 16.4 Å². The monoisotopic (exact) mass is 775 g/mol. The zero-order valence-electron chi connectivity index (χ0n) is 24.9. The molecule has 0 saturated carbocycles. The molecule has 1 unspecified atom stereocenters. The summed E-state index contributed by atoms with van der Waals surface area (Å²) in [6.45, 7) is 8.85. The van der Waals surface area contributed by atoms with Crippen LogP contribution in [0.25, 0.3) is 0 Å². The predicted molar refractivity (Wildman–Crippen MR) is 156 cm³/mol. The topological polar surface area (TPSA) is 147 Å². The number of aromatic nitrogens is 5. The van der Waals surface area contributed by atoms with Crippen molar-refractivity contribution in [1.29, 1.82) is 0 Å². The second kappa shape index (κ2) is 14.2. The standard InChI is InChI=1S/C15H19N4O2.C12H19N4O4.Tl/c1-12-3-5-14(6-4-12)21-8-7-18(2)15(20)11-19-10-13(16)9-17-19;1-12(2,3)20-11(17)14-9-13-10(16(4)15-9)19-8-5-6-18-7-8;/h3-6,9-10,16H,7-8,11H2,1-2H3;6,8H,5,7H2,1-4H3,(H,14,15,17);/q-1;;+1/t;8-;/m.1./s1. The first-order valence-corrected chi connectivity index (χ1v) is 18.5. The number of carbonyl (C=O) groups excluding carboxylic acids is 2. The number of amides is 2. The van der Waals surface area contributed by atoms with Gasteiger partial charge in [-0.2, -0.15) is 0 Å². The van der Waals surface area contributed by atoms with Gasteiger partial charge >= 0.3 is 234 Å². The third-order valence-corrected chi connectivity index (χ3v) is 11.3. The maximum atomic E-state index is 12.6. The van der Waals surface area contributed by atoms with E-state index in [-0.39, 0.29) is 34.2 Å². The number of nitrogens with one attached hydrogen (secondary N) is 2. The fourth-order valence-corrected chi connectivity index (χ4v) is 8.49. The van der Waals surface area contributed by atoms with E-state index >= 15 is 0 Å². The molecule has 0 spiro atoms. The van der Waals surface area contributed by atoms with Gasteiger partial charge in [0.25, 0.3) is 0 Å². The third-order valence-electron chi connectivity index (χ3n) is 6.11. The summed E-state index contributed by atoms with van der Waals surface area (Å²) < 4.78 is 29.6. The Morgan fingerprint density at radius 1 is 1.24 bits per heavy atom. The van der Waals surface area contributed by atoms with Gasteiger partial charge in [0.1, 0.15) is 0 Å². The van der Waals surface area contributed by atoms with Gasteiger partial charge in [0.05, 0.1) is 0 Å². The molecule has 1 saturated heterocycles. The minimum Gasteiger partial charge on any atom is -0.0556 e. The number of benzene rings is 1. The van der Waals surface area contributed by atoms with Crippen molar-refractivity contribution in [3.8, 4) is 11.8 Å². The molecule has 1 aromatic carbocycles. The Balaban J connectivity index is 1.15. The fraction of sp³-hybridized carbons (Fsp3) is 0.519. The molecular weight excluding hydrogens is 737 g/mol. The van der Waals surface area contributed by atoms with Gasteiger partial charge in [-0.3, -0.25) is 0 Å². The summed E-state index contributed by atoms with van der Waals surface area (Å²) >= 11 is -1.58. The molecule has 1 aliphatic rings. The van der Waals surface area contributed by atoms with E-state index in [0.717, 1.165) is 17.9 Å². The molecule has 1 fully saturated rings. The second-order valence-electron chi connectivity index (χ2n) is 11.0. The number of carbonyl (C=O) groups is 2. The fourth-order valence-electron chi connectivity index (χ4n) is 3.93. The summed E-state index contributed by atoms with van der Waals surface area (Å²) in [5.74, 6) is 0.845. The van der Waals surface area contributed by atoms with Crippen molar-refractivity contribution >= 4 is 48.2 Å². The average Bonchev–Trinajstić information content (AvgIpc) is 3.63. The summed E-state index contributed by atoms with van der Waals surface area (Å²) in [5.41, 5.74) is 1.42. The number of rotatable bonds is 12. The van der Waals surface area contributed by atoms with Gasteiger partial charge in [0.2, 0.25) is 0 Å². The van der Waals surface area contributed by atoms with Crippen molar-refractivity contribution in [1.82, 2.24) is 29.4 Å². The van der Waals surface area contributed by atoms with Gasteiger partial charge in [-0.05, 0) is 6.92 Å². The van der Waals surface area contributed by atoms with Gasteiger partial charge in [0.15, 0.2) is 0 Å². The van der Waals surface area contributed by atoms with Gasteiger partial charge < -0.3 is 0 Å². The molecule has 0 aliphatic carbocycles. The number of anilines is 2. The van der Waals surface area contributed by atoms with Crippen molar-refractivity contribution < 1.29 is 28.5 Å². The van der Waals surface area contributed by atoms with Crippen LogP contribution in [0.3, 0.4) is 0 Å². The van der Waals surface area contributed by atoms with E-state index in [2.05, 4.69) is 23.6 Å². The molecule has 2 N–H and O–H groups in total. The second-order valence-corrected chi connectivity index (χ2v) is 16.3. The normalized spacial score (nSPS) is 16.4. The minimum atomic E-state index is -1.58. The van der Waals surface area contributed by atoms with Crippen LogP contribution in [0.1, 0.15) is 32.8 Å². The van der Waals surface area contributed by atoms with E-state index in [1.807, 2.05) is 37.4 Å². The molecule has 0 radical (unpaired) electrons. The number of aryl methyl sites for hydroxylation is 2. The van der Waals surface area contributed by atoms with Crippen LogP contribution in [0, 0.1) is 6.92 Å². The van der Waals surface area contributed by atoms with Crippen molar-refractivity contribution in [2.75, 3.05) is 35.2 Å². The zero-order valence-corrected chi connectivity index (χ0v) is 29.4. The van der Waals surface area contributed by atoms with Crippen molar-refractivity contribution in [2.24, 2.45) is 7.05 Å². The first kappa shape index (κ1) is 31.5. The number of hydrogen-bond acceptors (Lipinski definition) is 10. The Hall–Kier alpha value is -3.41. The summed E-state index contributed by atoms with van der Waals surface area (Å²) in [6.07, 6.45) is 3.49. The predicted octanol–water partition coefficient (Wildman–Crippen LogP) is 2.43. The molecule has 3 heterocycles. The molecule has 2 amide bonds. The molecule has 42 heavy (non-hydrogen) atoms. The van der Waals surface area contributed by atoms with Crippen molar-refractivity contribution in [3.63, 3.8) is 0 Å². The van der Waals surface area contributed by atoms with E-state index < -0.39 is 36.2 Å². The summed E-state index contributed by atoms with van der Waals surface area (Å²) in [4.78, 5) is 30.5. The smallest absolute Gasteiger partial charge is 0.0556 e. The van der Waals surface area contributed by atoms with Crippen LogP contribution >= 0.6 is 0 Å². The Morgan fingerprint density at radius 3 is 2.74 bits per heavy atom. The van der Waals surface area contributed by atoms with Gasteiger partial charge in [-0.25, -0.2) is 0 Å². The summed E-state index contributed by atoms with van der Waals surface area (Å²) in [7, 11) is 3.45. The molecular formula is C27H38N8O6Tl. The molecule has 2 atom stereocenters. The van der Waals surface area contributed by atoms with Crippen LogP contribution in [-0.2, 0) is 27.9 Å². The SMILES string of the molecule is Cc1ccc(OCCN(C)C(=O)Cn2cc([NH][Tl][CH]3C[C@@H](Oc4nc(NC(=O)OC(C)(C)C)nn4C)CO3)cn2)cc1. The molecule has 14 nitrogen and oxygen atoms in total. The first-order chi connectivity index (χ1) is 19.9. The molecule has 3 aromatic rings. The summed E-state index contributed by atoms with van der Waals surface area (Å²) in [6, 6.07) is 8.12. The molecule has 2 aromatic heterocycles. The zero-order chi connectivity index (χ0) is 30.3. The Kier molecular flexibility index (Phi) is 10.6. The summed E-state index contributed by atoms with van der Waals surface area (Å²) in [5, 5.41) is 11.0. The van der Waals surface area contributed by atoms with Crippen molar-refractivity contribution in [2.45, 2.75) is 56.0 Å². The molecule has 225 valence electrons. The molecule has 4 rings (SSSR count). The van der Waals surface area contributed by atoms with E-state index in [9.17, 15) is 9.59 Å². The van der Waals surface area contributed by atoms with Crippen molar-refractivity contribution in [3.05, 3.63) is 42.2 Å². The molecule has 15 heteroatoms. The molecule has 1 aliphatic heterocycles. The number of nitrogens with zero attached hydrogens (tertiary/aromatic N) is 6. The Labute approximate surface area is 257 Å². The number of hydrogen-bond donors (Lipinski definition) is 2. The maximum absolute atomic E-state index is 12.6. The van der Waals surface area contributed by atoms with Crippen LogP contribution in [0.15, 0.2) is 36.7 Å². The average molecular weight is 775 g/mol. The van der Waals surface area contributed by atoms with E-state index in [1.54, 1.807) is 50.6 Å². The van der Waals surface area contributed by atoms with Gasteiger partial charge in [0, 0.05) is 0 Å². The van der Waals surface area contributed by atoms with Crippen LogP contribution < -0.4 is 17.9 Å². The van der Waals surface area contributed by atoms with Crippen LogP contribution in [0.2, 0.25) is 0 Å². The van der Waals surface area contributed by atoms with Gasteiger partial charge in [-0.1, -0.05) is 17.7 Å². The van der Waals surface area contributed by atoms with Crippen LogP contribution in [0.5, 0.6) is 11.8 Å². The Morgan fingerprint density at radius 2 is 2.00 bits per heavy atom. The van der Waals surface area contributed by atoms with E-state index in [4.69, 9.17) is 18.9 Å². The van der Waals surface area contributed by atoms with Gasteiger partial charge in [-0.15, -0.1) is 0 Å².